The number of para-hydroxylation sites is 2. The lowest BCUT2D eigenvalue weighted by molar-refractivity contribution is 0.0501. The number of nitrogens with two attached hydrogens (primary N) is 1. The van der Waals surface area contributed by atoms with Crippen molar-refractivity contribution in [3.05, 3.63) is 54.1 Å². The van der Waals surface area contributed by atoms with Gasteiger partial charge in [-0.3, -0.25) is 4.57 Å². The van der Waals surface area contributed by atoms with Crippen molar-refractivity contribution in [1.29, 1.82) is 0 Å². The van der Waals surface area contributed by atoms with Crippen molar-refractivity contribution in [2.24, 2.45) is 0 Å². The van der Waals surface area contributed by atoms with E-state index in [-0.39, 0.29) is 11.4 Å². The van der Waals surface area contributed by atoms with Crippen LogP contribution < -0.4 is 10.5 Å². The standard InChI is InChI=1S/C25H28N4O3/c1-3-4-5-6-9-16-32-25(30)21-22-24(28-20-11-8-7-10-19(20)27-22)29(23(21)26)17-12-14-18(31-2)15-13-17/h7-8,10-15H,3-6,9,16,26H2,1-2H3. The van der Waals surface area contributed by atoms with E-state index in [4.69, 9.17) is 25.2 Å². The third kappa shape index (κ3) is 4.23. The molecule has 2 N–H and O–H groups in total. The summed E-state index contributed by atoms with van der Waals surface area (Å²) in [6.45, 7) is 2.53. The van der Waals surface area contributed by atoms with Crippen LogP contribution in [0.4, 0.5) is 5.82 Å². The van der Waals surface area contributed by atoms with Gasteiger partial charge in [-0.15, -0.1) is 0 Å². The number of hydrogen-bond donors (Lipinski definition) is 1. The van der Waals surface area contributed by atoms with Crippen LogP contribution in [0.2, 0.25) is 0 Å². The van der Waals surface area contributed by atoms with Gasteiger partial charge in [0.15, 0.2) is 5.65 Å². The SMILES string of the molecule is CCCCCCCOC(=O)c1c(N)n(-c2ccc(OC)cc2)c2nc3ccccc3nc12. The number of esters is 1. The molecule has 4 rings (SSSR count). The molecule has 4 aromatic rings. The Morgan fingerprint density at radius 2 is 1.66 bits per heavy atom. The molecule has 166 valence electrons. The number of hydrogen-bond acceptors (Lipinski definition) is 6. The highest BCUT2D eigenvalue weighted by molar-refractivity contribution is 6.09. The Morgan fingerprint density at radius 1 is 0.969 bits per heavy atom. The van der Waals surface area contributed by atoms with E-state index in [0.29, 0.717) is 23.3 Å². The molecule has 0 bridgehead atoms. The van der Waals surface area contributed by atoms with Crippen LogP contribution in [0.1, 0.15) is 49.4 Å². The van der Waals surface area contributed by atoms with Crippen molar-refractivity contribution in [2.75, 3.05) is 19.5 Å². The average molecular weight is 433 g/mol. The minimum Gasteiger partial charge on any atom is -0.497 e. The van der Waals surface area contributed by atoms with Gasteiger partial charge in [0, 0.05) is 5.69 Å². The second-order valence-electron chi connectivity index (χ2n) is 7.73. The van der Waals surface area contributed by atoms with Crippen molar-refractivity contribution in [1.82, 2.24) is 14.5 Å². The van der Waals surface area contributed by atoms with Crippen LogP contribution in [0.15, 0.2) is 48.5 Å². The number of unbranched alkanes of at least 4 members (excludes halogenated alkanes) is 4. The molecule has 2 aromatic carbocycles. The highest BCUT2D eigenvalue weighted by Crippen LogP contribution is 2.32. The van der Waals surface area contributed by atoms with Gasteiger partial charge in [0.05, 0.1) is 24.8 Å². The predicted octanol–water partition coefficient (Wildman–Crippen LogP) is 5.29. The third-order valence-corrected chi connectivity index (χ3v) is 5.51. The second kappa shape index (κ2) is 9.68. The predicted molar refractivity (Wildman–Crippen MR) is 126 cm³/mol. The van der Waals surface area contributed by atoms with Gasteiger partial charge in [-0.25, -0.2) is 14.8 Å². The fourth-order valence-corrected chi connectivity index (χ4v) is 3.80. The number of nitrogen functional groups attached to an aromatic ring is 1. The summed E-state index contributed by atoms with van der Waals surface area (Å²) in [6, 6.07) is 15.0. The number of carbonyl (C=O) groups excluding carboxylic acids is 1. The number of nitrogens with zero attached hydrogens (tertiary/aromatic N) is 3. The van der Waals surface area contributed by atoms with Crippen molar-refractivity contribution >= 4 is 34.0 Å². The number of carbonyl (C=O) groups is 1. The highest BCUT2D eigenvalue weighted by atomic mass is 16.5. The molecule has 7 nitrogen and oxygen atoms in total. The fourth-order valence-electron chi connectivity index (χ4n) is 3.80. The van der Waals surface area contributed by atoms with E-state index in [0.717, 1.165) is 36.2 Å². The molecule has 0 saturated heterocycles. The molecule has 0 aliphatic rings. The van der Waals surface area contributed by atoms with Gasteiger partial charge in [0.2, 0.25) is 0 Å². The van der Waals surface area contributed by atoms with Crippen LogP contribution in [0.25, 0.3) is 27.9 Å². The number of methoxy groups -OCH3 is 1. The maximum Gasteiger partial charge on any atom is 0.344 e. The van der Waals surface area contributed by atoms with Gasteiger partial charge < -0.3 is 15.2 Å². The van der Waals surface area contributed by atoms with E-state index in [1.165, 1.54) is 12.8 Å². The molecule has 0 amide bonds. The van der Waals surface area contributed by atoms with Crippen molar-refractivity contribution in [3.63, 3.8) is 0 Å². The Bertz CT molecular complexity index is 1230. The van der Waals surface area contributed by atoms with Gasteiger partial charge in [-0.1, -0.05) is 44.7 Å². The zero-order valence-corrected chi connectivity index (χ0v) is 18.5. The molecular formula is C25H28N4O3. The Kier molecular flexibility index (Phi) is 6.54. The van der Waals surface area contributed by atoms with Crippen LogP contribution in [0.5, 0.6) is 5.75 Å². The molecule has 2 aromatic heterocycles. The summed E-state index contributed by atoms with van der Waals surface area (Å²) in [4.78, 5) is 22.5. The molecule has 2 heterocycles. The molecule has 7 heteroatoms. The lowest BCUT2D eigenvalue weighted by atomic mass is 10.2. The van der Waals surface area contributed by atoms with E-state index < -0.39 is 5.97 Å². The summed E-state index contributed by atoms with van der Waals surface area (Å²) in [6.07, 6.45) is 5.38. The quantitative estimate of drug-likeness (QED) is 0.285. The van der Waals surface area contributed by atoms with Crippen LogP contribution in [0, 0.1) is 0 Å². The topological polar surface area (TPSA) is 92.3 Å². The van der Waals surface area contributed by atoms with Crippen LogP contribution in [0.3, 0.4) is 0 Å². The number of benzene rings is 2. The molecule has 0 radical (unpaired) electrons. The maximum atomic E-state index is 13.0. The van der Waals surface area contributed by atoms with E-state index in [9.17, 15) is 4.79 Å². The van der Waals surface area contributed by atoms with E-state index in [2.05, 4.69) is 6.92 Å². The first-order chi connectivity index (χ1) is 15.6. The summed E-state index contributed by atoms with van der Waals surface area (Å²) in [5.74, 6) is 0.513. The molecule has 0 fully saturated rings. The average Bonchev–Trinajstić information content (AvgIpc) is 3.10. The highest BCUT2D eigenvalue weighted by Gasteiger charge is 2.26. The minimum atomic E-state index is -0.472. The summed E-state index contributed by atoms with van der Waals surface area (Å²) in [5.41, 5.74) is 9.89. The molecule has 0 saturated carbocycles. The third-order valence-electron chi connectivity index (χ3n) is 5.51. The molecule has 0 spiro atoms. The smallest absolute Gasteiger partial charge is 0.344 e. The van der Waals surface area contributed by atoms with Crippen molar-refractivity contribution < 1.29 is 14.3 Å². The first-order valence-electron chi connectivity index (χ1n) is 11.0. The number of rotatable bonds is 9. The van der Waals surface area contributed by atoms with Gasteiger partial charge in [-0.05, 0) is 42.8 Å². The number of aromatic nitrogens is 3. The largest absolute Gasteiger partial charge is 0.497 e. The van der Waals surface area contributed by atoms with Crippen molar-refractivity contribution in [3.8, 4) is 11.4 Å². The molecular weight excluding hydrogens is 404 g/mol. The molecule has 32 heavy (non-hydrogen) atoms. The summed E-state index contributed by atoms with van der Waals surface area (Å²) in [5, 5.41) is 0. The van der Waals surface area contributed by atoms with Crippen LogP contribution >= 0.6 is 0 Å². The van der Waals surface area contributed by atoms with E-state index in [1.807, 2.05) is 48.5 Å². The normalized spacial score (nSPS) is 11.2. The van der Waals surface area contributed by atoms with Crippen LogP contribution in [-0.2, 0) is 4.74 Å². The number of anilines is 1. The Hall–Kier alpha value is -3.61. The monoisotopic (exact) mass is 432 g/mol. The van der Waals surface area contributed by atoms with Gasteiger partial charge in [-0.2, -0.15) is 0 Å². The Balaban J connectivity index is 1.75. The zero-order valence-electron chi connectivity index (χ0n) is 18.5. The molecule has 0 unspecified atom stereocenters. The van der Waals surface area contributed by atoms with Gasteiger partial charge in [0.25, 0.3) is 0 Å². The lowest BCUT2D eigenvalue weighted by Crippen LogP contribution is -2.10. The van der Waals surface area contributed by atoms with Crippen molar-refractivity contribution in [2.45, 2.75) is 39.0 Å². The first kappa shape index (κ1) is 21.6. The molecule has 0 aliphatic heterocycles. The maximum absolute atomic E-state index is 13.0. The fraction of sp³-hybridized carbons (Fsp3) is 0.320. The molecule has 0 atom stereocenters. The molecule has 0 aliphatic carbocycles. The van der Waals surface area contributed by atoms with E-state index >= 15 is 0 Å². The number of fused-ring (bicyclic) bond motifs is 2. The first-order valence-corrected chi connectivity index (χ1v) is 11.0. The second-order valence-corrected chi connectivity index (χ2v) is 7.73. The van der Waals surface area contributed by atoms with Crippen LogP contribution in [-0.4, -0.2) is 34.2 Å². The van der Waals surface area contributed by atoms with Gasteiger partial charge in [0.1, 0.15) is 22.6 Å². The van der Waals surface area contributed by atoms with Gasteiger partial charge >= 0.3 is 5.97 Å². The minimum absolute atomic E-state index is 0.252. The zero-order chi connectivity index (χ0) is 22.5. The lowest BCUT2D eigenvalue weighted by Gasteiger charge is -2.09. The summed E-state index contributed by atoms with van der Waals surface area (Å²) >= 11 is 0. The summed E-state index contributed by atoms with van der Waals surface area (Å²) < 4.78 is 12.6. The van der Waals surface area contributed by atoms with E-state index in [1.54, 1.807) is 11.7 Å². The summed E-state index contributed by atoms with van der Waals surface area (Å²) in [7, 11) is 1.61. The Morgan fingerprint density at radius 3 is 2.34 bits per heavy atom. The number of ether oxygens (including phenoxy) is 2. The Labute approximate surface area is 187 Å².